The molecule has 1 unspecified atom stereocenters. The number of hydrogen-bond acceptors (Lipinski definition) is 3. The number of fused-ring (bicyclic) bond motifs is 1. The van der Waals surface area contributed by atoms with Gasteiger partial charge in [0.15, 0.2) is 0 Å². The maximum absolute atomic E-state index is 12.3. The molecule has 1 fully saturated rings. The van der Waals surface area contributed by atoms with Crippen LogP contribution in [0.3, 0.4) is 0 Å². The number of carbonyl (C=O) groups is 1. The van der Waals surface area contributed by atoms with Crippen molar-refractivity contribution in [3.8, 4) is 11.4 Å². The maximum Gasteiger partial charge on any atom is 0.245 e. The first-order chi connectivity index (χ1) is 10.7. The number of likely N-dealkylation sites (tertiary alicyclic amines) is 1. The van der Waals surface area contributed by atoms with E-state index in [9.17, 15) is 4.79 Å². The summed E-state index contributed by atoms with van der Waals surface area (Å²) in [6, 6.07) is 9.89. The average Bonchev–Trinajstić information content (AvgIpc) is 3.15. The molecule has 5 nitrogen and oxygen atoms in total. The molecule has 1 atom stereocenters. The Bertz CT molecular complexity index is 854. The first-order valence-corrected chi connectivity index (χ1v) is 7.37. The van der Waals surface area contributed by atoms with Gasteiger partial charge in [-0.3, -0.25) is 9.78 Å². The minimum absolute atomic E-state index is 0.146. The number of aromatic nitrogens is 3. The minimum atomic E-state index is -0.146. The molecule has 22 heavy (non-hydrogen) atoms. The number of rotatable bonds is 2. The van der Waals surface area contributed by atoms with Gasteiger partial charge in [0, 0.05) is 43.1 Å². The fraction of sp³-hybridized carbons (Fsp3) is 0.235. The number of amides is 1. The van der Waals surface area contributed by atoms with Gasteiger partial charge in [-0.05, 0) is 30.7 Å². The second kappa shape index (κ2) is 4.94. The van der Waals surface area contributed by atoms with Crippen LogP contribution in [0.2, 0.25) is 0 Å². The number of likely N-dealkylation sites (N-methyl/N-ethyl adjacent to an activating group) is 1. The second-order valence-corrected chi connectivity index (χ2v) is 5.63. The first-order valence-electron chi connectivity index (χ1n) is 7.37. The van der Waals surface area contributed by atoms with Gasteiger partial charge >= 0.3 is 0 Å². The molecule has 0 saturated carbocycles. The van der Waals surface area contributed by atoms with Gasteiger partial charge in [0.2, 0.25) is 5.91 Å². The first kappa shape index (κ1) is 13.0. The summed E-state index contributed by atoms with van der Waals surface area (Å²) in [7, 11) is 1.85. The molecule has 1 aromatic carbocycles. The van der Waals surface area contributed by atoms with E-state index in [1.54, 1.807) is 17.3 Å². The number of nitrogens with zero attached hydrogens (tertiary/aromatic N) is 4. The number of pyridine rings is 1. The summed E-state index contributed by atoms with van der Waals surface area (Å²) in [6.07, 6.45) is 6.27. The van der Waals surface area contributed by atoms with E-state index < -0.39 is 0 Å². The lowest BCUT2D eigenvalue weighted by atomic mass is 10.1. The van der Waals surface area contributed by atoms with Crippen molar-refractivity contribution in [2.45, 2.75) is 12.5 Å². The van der Waals surface area contributed by atoms with E-state index in [0.717, 1.165) is 35.3 Å². The molecule has 4 rings (SSSR count). The number of hydrogen-bond donors (Lipinski definition) is 0. The standard InChI is InChI=1S/C17H16N4O/c1-20-9-6-15(17(20)22)21-10-8-19-16(21)13-4-5-14-12(11-13)3-2-7-18-14/h2-5,7-8,10-11,15H,6,9H2,1H3. The molecule has 0 bridgehead atoms. The van der Waals surface area contributed by atoms with Crippen LogP contribution in [0.4, 0.5) is 0 Å². The summed E-state index contributed by atoms with van der Waals surface area (Å²) < 4.78 is 1.99. The lowest BCUT2D eigenvalue weighted by molar-refractivity contribution is -0.129. The van der Waals surface area contributed by atoms with Crippen molar-refractivity contribution in [2.75, 3.05) is 13.6 Å². The third-order valence-corrected chi connectivity index (χ3v) is 4.26. The molecule has 1 amide bonds. The minimum Gasteiger partial charge on any atom is -0.344 e. The van der Waals surface area contributed by atoms with Gasteiger partial charge in [-0.2, -0.15) is 0 Å². The number of imidazole rings is 1. The molecule has 1 aliphatic heterocycles. The summed E-state index contributed by atoms with van der Waals surface area (Å²) >= 11 is 0. The molecule has 1 aliphatic rings. The van der Waals surface area contributed by atoms with Crippen LogP contribution in [0, 0.1) is 0 Å². The van der Waals surface area contributed by atoms with Gasteiger partial charge < -0.3 is 9.47 Å². The Morgan fingerprint density at radius 2 is 2.09 bits per heavy atom. The van der Waals surface area contributed by atoms with Crippen LogP contribution >= 0.6 is 0 Å². The third kappa shape index (κ3) is 1.97. The second-order valence-electron chi connectivity index (χ2n) is 5.63. The van der Waals surface area contributed by atoms with E-state index in [-0.39, 0.29) is 11.9 Å². The average molecular weight is 292 g/mol. The van der Waals surface area contributed by atoms with Crippen LogP contribution in [0.25, 0.3) is 22.3 Å². The Labute approximate surface area is 128 Å². The van der Waals surface area contributed by atoms with Gasteiger partial charge in [-0.25, -0.2) is 4.98 Å². The molecule has 2 aromatic heterocycles. The molecule has 3 heterocycles. The zero-order chi connectivity index (χ0) is 15.1. The van der Waals surface area contributed by atoms with Gasteiger partial charge in [0.05, 0.1) is 5.52 Å². The predicted molar refractivity (Wildman–Crippen MR) is 84.3 cm³/mol. The van der Waals surface area contributed by atoms with Crippen LogP contribution < -0.4 is 0 Å². The summed E-state index contributed by atoms with van der Waals surface area (Å²) in [5.74, 6) is 0.987. The van der Waals surface area contributed by atoms with Gasteiger partial charge in [0.1, 0.15) is 11.9 Å². The van der Waals surface area contributed by atoms with Gasteiger partial charge in [0.25, 0.3) is 0 Å². The van der Waals surface area contributed by atoms with E-state index in [1.165, 1.54) is 0 Å². The summed E-state index contributed by atoms with van der Waals surface area (Å²) in [5.41, 5.74) is 1.97. The van der Waals surface area contributed by atoms with Crippen molar-refractivity contribution in [1.29, 1.82) is 0 Å². The lowest BCUT2D eigenvalue weighted by Crippen LogP contribution is -2.24. The summed E-state index contributed by atoms with van der Waals surface area (Å²) in [6.45, 7) is 0.794. The van der Waals surface area contributed by atoms with Gasteiger partial charge in [-0.1, -0.05) is 6.07 Å². The number of benzene rings is 1. The molecular weight excluding hydrogens is 276 g/mol. The van der Waals surface area contributed by atoms with E-state index in [2.05, 4.69) is 16.0 Å². The van der Waals surface area contributed by atoms with E-state index >= 15 is 0 Å². The lowest BCUT2D eigenvalue weighted by Gasteiger charge is -2.15. The Kier molecular flexibility index (Phi) is 2.92. The van der Waals surface area contributed by atoms with Crippen LogP contribution in [0.15, 0.2) is 48.9 Å². The molecule has 1 saturated heterocycles. The predicted octanol–water partition coefficient (Wildman–Crippen LogP) is 2.50. The molecular formula is C17H16N4O. The van der Waals surface area contributed by atoms with E-state index in [4.69, 9.17) is 0 Å². The van der Waals surface area contributed by atoms with E-state index in [0.29, 0.717) is 0 Å². The number of carbonyl (C=O) groups excluding carboxylic acids is 1. The third-order valence-electron chi connectivity index (χ3n) is 4.26. The zero-order valence-electron chi connectivity index (χ0n) is 12.3. The maximum atomic E-state index is 12.3. The van der Waals surface area contributed by atoms with Crippen LogP contribution in [0.1, 0.15) is 12.5 Å². The van der Waals surface area contributed by atoms with Crippen molar-refractivity contribution >= 4 is 16.8 Å². The molecule has 110 valence electrons. The largest absolute Gasteiger partial charge is 0.344 e. The Morgan fingerprint density at radius 3 is 2.91 bits per heavy atom. The Morgan fingerprint density at radius 1 is 1.18 bits per heavy atom. The van der Waals surface area contributed by atoms with Crippen molar-refractivity contribution in [1.82, 2.24) is 19.4 Å². The van der Waals surface area contributed by atoms with Crippen LogP contribution in [-0.4, -0.2) is 38.9 Å². The quantitative estimate of drug-likeness (QED) is 0.729. The highest BCUT2D eigenvalue weighted by molar-refractivity contribution is 5.85. The van der Waals surface area contributed by atoms with Crippen LogP contribution in [-0.2, 0) is 4.79 Å². The summed E-state index contributed by atoms with van der Waals surface area (Å²) in [4.78, 5) is 22.9. The molecule has 3 aromatic rings. The Balaban J connectivity index is 1.79. The molecule has 0 spiro atoms. The van der Waals surface area contributed by atoms with Crippen LogP contribution in [0.5, 0.6) is 0 Å². The molecule has 0 aliphatic carbocycles. The molecule has 5 heteroatoms. The zero-order valence-corrected chi connectivity index (χ0v) is 12.3. The highest BCUT2D eigenvalue weighted by atomic mass is 16.2. The summed E-state index contributed by atoms with van der Waals surface area (Å²) in [5, 5.41) is 1.07. The van der Waals surface area contributed by atoms with Crippen molar-refractivity contribution in [3.63, 3.8) is 0 Å². The van der Waals surface area contributed by atoms with E-state index in [1.807, 2.05) is 42.1 Å². The fourth-order valence-electron chi connectivity index (χ4n) is 3.06. The van der Waals surface area contributed by atoms with Crippen molar-refractivity contribution in [3.05, 3.63) is 48.9 Å². The highest BCUT2D eigenvalue weighted by Crippen LogP contribution is 2.29. The molecule has 0 radical (unpaired) electrons. The molecule has 0 N–H and O–H groups in total. The smallest absolute Gasteiger partial charge is 0.245 e. The topological polar surface area (TPSA) is 51.0 Å². The Hall–Kier alpha value is -2.69. The SMILES string of the molecule is CN1CCC(n2ccnc2-c2ccc3ncccc3c2)C1=O. The monoisotopic (exact) mass is 292 g/mol. The highest BCUT2D eigenvalue weighted by Gasteiger charge is 2.31. The fourth-order valence-corrected chi connectivity index (χ4v) is 3.06. The van der Waals surface area contributed by atoms with Crippen molar-refractivity contribution in [2.24, 2.45) is 0 Å². The van der Waals surface area contributed by atoms with Crippen molar-refractivity contribution < 1.29 is 4.79 Å². The normalized spacial score (nSPS) is 18.3. The van der Waals surface area contributed by atoms with Gasteiger partial charge in [-0.15, -0.1) is 0 Å².